The van der Waals surface area contributed by atoms with Gasteiger partial charge in [-0.3, -0.25) is 4.79 Å². The molecule has 5 nitrogen and oxygen atoms in total. The minimum Gasteiger partial charge on any atom is -0.425 e. The van der Waals surface area contributed by atoms with Gasteiger partial charge in [-0.05, 0) is 25.8 Å². The SMILES string of the molecule is CC(C)c1nnc(CCC(=O)N2C(C)CC(c3ccccc3)C2C)o1. The van der Waals surface area contributed by atoms with Gasteiger partial charge in [0.1, 0.15) is 0 Å². The number of carbonyl (C=O) groups is 1. The van der Waals surface area contributed by atoms with Crippen molar-refractivity contribution in [2.24, 2.45) is 0 Å². The number of amides is 1. The number of likely N-dealkylation sites (tertiary alicyclic amines) is 1. The van der Waals surface area contributed by atoms with Gasteiger partial charge in [-0.1, -0.05) is 44.2 Å². The minimum absolute atomic E-state index is 0.169. The zero-order valence-corrected chi connectivity index (χ0v) is 15.5. The summed E-state index contributed by atoms with van der Waals surface area (Å²) in [5.74, 6) is 1.96. The molecule has 2 aromatic rings. The molecule has 0 saturated carbocycles. The normalized spacial score (nSPS) is 23.4. The number of hydrogen-bond donors (Lipinski definition) is 0. The summed E-state index contributed by atoms with van der Waals surface area (Å²) in [6, 6.07) is 10.9. The summed E-state index contributed by atoms with van der Waals surface area (Å²) in [6.07, 6.45) is 1.93. The molecule has 1 aromatic heterocycles. The van der Waals surface area contributed by atoms with Crippen LogP contribution in [-0.4, -0.2) is 33.1 Å². The Hall–Kier alpha value is -2.17. The molecule has 0 aliphatic carbocycles. The Kier molecular flexibility index (Phi) is 5.21. The molecule has 134 valence electrons. The average Bonchev–Trinajstić information content (AvgIpc) is 3.18. The third-order valence-corrected chi connectivity index (χ3v) is 5.14. The standard InChI is InChI=1S/C20H27N3O2/c1-13(2)20-22-21-18(25-20)10-11-19(24)23-14(3)12-17(15(23)4)16-8-6-5-7-9-16/h5-9,13-15,17H,10-12H2,1-4H3. The highest BCUT2D eigenvalue weighted by Gasteiger charge is 2.39. The first kappa shape index (κ1) is 17.6. The second-order valence-corrected chi connectivity index (χ2v) is 7.33. The zero-order chi connectivity index (χ0) is 18.0. The Morgan fingerprint density at radius 2 is 1.96 bits per heavy atom. The molecule has 3 rings (SSSR count). The van der Waals surface area contributed by atoms with Gasteiger partial charge in [0.25, 0.3) is 0 Å². The van der Waals surface area contributed by atoms with Crippen molar-refractivity contribution in [3.63, 3.8) is 0 Å². The molecule has 1 aromatic carbocycles. The molecule has 0 N–H and O–H groups in total. The van der Waals surface area contributed by atoms with Gasteiger partial charge in [-0.2, -0.15) is 0 Å². The van der Waals surface area contributed by atoms with E-state index in [1.165, 1.54) is 5.56 Å². The van der Waals surface area contributed by atoms with Gasteiger partial charge >= 0.3 is 0 Å². The fraction of sp³-hybridized carbons (Fsp3) is 0.550. The Bertz CT molecular complexity index is 711. The summed E-state index contributed by atoms with van der Waals surface area (Å²) in [5, 5.41) is 8.08. The van der Waals surface area contributed by atoms with Crippen molar-refractivity contribution >= 4 is 5.91 Å². The molecule has 1 fully saturated rings. The van der Waals surface area contributed by atoms with Crippen LogP contribution < -0.4 is 0 Å². The van der Waals surface area contributed by atoms with Crippen LogP contribution in [0.25, 0.3) is 0 Å². The predicted octanol–water partition coefficient (Wildman–Crippen LogP) is 3.92. The number of hydrogen-bond acceptors (Lipinski definition) is 4. The van der Waals surface area contributed by atoms with Crippen molar-refractivity contribution in [3.05, 3.63) is 47.7 Å². The van der Waals surface area contributed by atoms with Gasteiger partial charge in [0, 0.05) is 36.8 Å². The van der Waals surface area contributed by atoms with E-state index in [1.807, 2.05) is 24.8 Å². The largest absolute Gasteiger partial charge is 0.425 e. The minimum atomic E-state index is 0.169. The summed E-state index contributed by atoms with van der Waals surface area (Å²) in [5.41, 5.74) is 1.32. The highest BCUT2D eigenvalue weighted by molar-refractivity contribution is 5.77. The van der Waals surface area contributed by atoms with Crippen LogP contribution in [0.3, 0.4) is 0 Å². The van der Waals surface area contributed by atoms with Crippen LogP contribution in [0.5, 0.6) is 0 Å². The summed E-state index contributed by atoms with van der Waals surface area (Å²) in [7, 11) is 0. The first-order valence-electron chi connectivity index (χ1n) is 9.15. The molecule has 1 aliphatic heterocycles. The van der Waals surface area contributed by atoms with Gasteiger partial charge in [0.2, 0.25) is 17.7 Å². The number of aryl methyl sites for hydroxylation is 1. The monoisotopic (exact) mass is 341 g/mol. The van der Waals surface area contributed by atoms with Gasteiger partial charge in [0.15, 0.2) is 0 Å². The van der Waals surface area contributed by atoms with E-state index in [4.69, 9.17) is 4.42 Å². The summed E-state index contributed by atoms with van der Waals surface area (Å²) in [4.78, 5) is 14.8. The smallest absolute Gasteiger partial charge is 0.223 e. The molecule has 1 amide bonds. The molecule has 3 atom stereocenters. The van der Waals surface area contributed by atoms with E-state index in [0.717, 1.165) is 6.42 Å². The molecule has 3 unspecified atom stereocenters. The number of nitrogens with zero attached hydrogens (tertiary/aromatic N) is 3. The lowest BCUT2D eigenvalue weighted by molar-refractivity contribution is -0.133. The first-order valence-corrected chi connectivity index (χ1v) is 9.15. The van der Waals surface area contributed by atoms with E-state index in [2.05, 4.69) is 48.3 Å². The molecule has 0 radical (unpaired) electrons. The Balaban J connectivity index is 1.63. The fourth-order valence-electron chi connectivity index (χ4n) is 3.80. The van der Waals surface area contributed by atoms with Crippen molar-refractivity contribution in [2.75, 3.05) is 0 Å². The van der Waals surface area contributed by atoms with E-state index < -0.39 is 0 Å². The molecular formula is C20H27N3O2. The van der Waals surface area contributed by atoms with Crippen molar-refractivity contribution in [2.45, 2.75) is 70.9 Å². The molecule has 2 heterocycles. The van der Waals surface area contributed by atoms with E-state index in [1.54, 1.807) is 0 Å². The van der Waals surface area contributed by atoms with Gasteiger partial charge in [0.05, 0.1) is 0 Å². The Morgan fingerprint density at radius 1 is 1.24 bits per heavy atom. The predicted molar refractivity (Wildman–Crippen MR) is 96.3 cm³/mol. The maximum Gasteiger partial charge on any atom is 0.223 e. The number of aromatic nitrogens is 2. The number of benzene rings is 1. The summed E-state index contributed by atoms with van der Waals surface area (Å²) >= 11 is 0. The Labute approximate surface area is 149 Å². The third-order valence-electron chi connectivity index (χ3n) is 5.14. The van der Waals surface area contributed by atoms with Crippen LogP contribution in [0, 0.1) is 0 Å². The quantitative estimate of drug-likeness (QED) is 0.827. The van der Waals surface area contributed by atoms with Crippen molar-refractivity contribution in [3.8, 4) is 0 Å². The van der Waals surface area contributed by atoms with Crippen molar-refractivity contribution < 1.29 is 9.21 Å². The molecule has 1 saturated heterocycles. The first-order chi connectivity index (χ1) is 12.0. The van der Waals surface area contributed by atoms with Crippen LogP contribution in [0.15, 0.2) is 34.7 Å². The van der Waals surface area contributed by atoms with E-state index in [9.17, 15) is 4.79 Å². The molecule has 25 heavy (non-hydrogen) atoms. The van der Waals surface area contributed by atoms with Crippen LogP contribution in [0.1, 0.15) is 69.7 Å². The molecular weight excluding hydrogens is 314 g/mol. The fourth-order valence-corrected chi connectivity index (χ4v) is 3.80. The second kappa shape index (κ2) is 7.38. The highest BCUT2D eigenvalue weighted by Crippen LogP contribution is 2.37. The summed E-state index contributed by atoms with van der Waals surface area (Å²) in [6.45, 7) is 8.32. The number of rotatable bonds is 5. The molecule has 0 spiro atoms. The maximum atomic E-state index is 12.8. The lowest BCUT2D eigenvalue weighted by atomic mass is 9.92. The van der Waals surface area contributed by atoms with E-state index in [0.29, 0.717) is 30.5 Å². The topological polar surface area (TPSA) is 59.2 Å². The van der Waals surface area contributed by atoms with Gasteiger partial charge < -0.3 is 9.32 Å². The van der Waals surface area contributed by atoms with Crippen LogP contribution in [-0.2, 0) is 11.2 Å². The third kappa shape index (κ3) is 3.75. The zero-order valence-electron chi connectivity index (χ0n) is 15.5. The highest BCUT2D eigenvalue weighted by atomic mass is 16.4. The van der Waals surface area contributed by atoms with Crippen molar-refractivity contribution in [1.29, 1.82) is 0 Å². The molecule has 0 bridgehead atoms. The van der Waals surface area contributed by atoms with Crippen LogP contribution in [0.2, 0.25) is 0 Å². The van der Waals surface area contributed by atoms with Crippen molar-refractivity contribution in [1.82, 2.24) is 15.1 Å². The summed E-state index contributed by atoms with van der Waals surface area (Å²) < 4.78 is 5.61. The Morgan fingerprint density at radius 3 is 2.60 bits per heavy atom. The van der Waals surface area contributed by atoms with Gasteiger partial charge in [-0.25, -0.2) is 0 Å². The number of carbonyl (C=O) groups excluding carboxylic acids is 1. The lowest BCUT2D eigenvalue weighted by Gasteiger charge is -2.28. The van der Waals surface area contributed by atoms with Crippen LogP contribution >= 0.6 is 0 Å². The van der Waals surface area contributed by atoms with E-state index >= 15 is 0 Å². The lowest BCUT2D eigenvalue weighted by Crippen LogP contribution is -2.39. The average molecular weight is 341 g/mol. The van der Waals surface area contributed by atoms with Crippen LogP contribution in [0.4, 0.5) is 0 Å². The molecule has 5 heteroatoms. The van der Waals surface area contributed by atoms with Gasteiger partial charge in [-0.15, -0.1) is 10.2 Å². The second-order valence-electron chi connectivity index (χ2n) is 7.33. The maximum absolute atomic E-state index is 12.8. The van der Waals surface area contributed by atoms with E-state index in [-0.39, 0.29) is 23.9 Å². The molecule has 1 aliphatic rings.